The van der Waals surface area contributed by atoms with E-state index >= 15 is 0 Å². The minimum atomic E-state index is -1.01. The number of aromatic nitrogens is 1. The third-order valence-electron chi connectivity index (χ3n) is 1.92. The number of anilines is 1. The highest BCUT2D eigenvalue weighted by molar-refractivity contribution is 7.13. The van der Waals surface area contributed by atoms with Crippen LogP contribution in [0.4, 0.5) is 5.13 Å². The Bertz CT molecular complexity index is 363. The summed E-state index contributed by atoms with van der Waals surface area (Å²) in [6, 6.07) is 0. The molecule has 1 aromatic heterocycles. The lowest BCUT2D eigenvalue weighted by Gasteiger charge is -2.24. The topological polar surface area (TPSA) is 71.5 Å². The van der Waals surface area contributed by atoms with Gasteiger partial charge < -0.3 is 15.2 Å². The van der Waals surface area contributed by atoms with E-state index in [4.69, 9.17) is 9.84 Å². The fourth-order valence-electron chi connectivity index (χ4n) is 1.18. The molecular formula is C10H16N2O3S. The van der Waals surface area contributed by atoms with Crippen molar-refractivity contribution in [1.29, 1.82) is 0 Å². The normalized spacial score (nSPS) is 11.4. The summed E-state index contributed by atoms with van der Waals surface area (Å²) >= 11 is 1.28. The predicted molar refractivity (Wildman–Crippen MR) is 63.3 cm³/mol. The van der Waals surface area contributed by atoms with E-state index in [0.717, 1.165) is 0 Å². The minimum absolute atomic E-state index is 0.0710. The molecule has 0 aromatic carbocycles. The van der Waals surface area contributed by atoms with E-state index in [2.05, 4.69) is 10.3 Å². The molecule has 0 atom stereocenters. The van der Waals surface area contributed by atoms with Crippen molar-refractivity contribution in [2.24, 2.45) is 0 Å². The number of thiazole rings is 1. The zero-order valence-corrected chi connectivity index (χ0v) is 10.4. The zero-order chi connectivity index (χ0) is 12.2. The molecular weight excluding hydrogens is 228 g/mol. The Kier molecular flexibility index (Phi) is 4.26. The van der Waals surface area contributed by atoms with Crippen LogP contribution in [0.1, 0.15) is 31.3 Å². The largest absolute Gasteiger partial charge is 0.476 e. The number of carbonyl (C=O) groups is 1. The number of ether oxygens (including phenoxy) is 1. The van der Waals surface area contributed by atoms with Gasteiger partial charge >= 0.3 is 5.97 Å². The molecule has 0 amide bonds. The van der Waals surface area contributed by atoms with Gasteiger partial charge in [0.2, 0.25) is 0 Å². The van der Waals surface area contributed by atoms with Crippen LogP contribution in [0.15, 0.2) is 5.38 Å². The first-order chi connectivity index (χ1) is 7.44. The maximum atomic E-state index is 10.6. The Hall–Kier alpha value is -1.14. The van der Waals surface area contributed by atoms with Gasteiger partial charge in [0.1, 0.15) is 0 Å². The van der Waals surface area contributed by atoms with Crippen molar-refractivity contribution >= 4 is 22.4 Å². The van der Waals surface area contributed by atoms with E-state index in [1.165, 1.54) is 16.7 Å². The lowest BCUT2D eigenvalue weighted by atomic mass is 10.1. The van der Waals surface area contributed by atoms with Gasteiger partial charge in [-0.1, -0.05) is 0 Å². The van der Waals surface area contributed by atoms with Crippen molar-refractivity contribution in [3.8, 4) is 0 Å². The molecule has 0 aliphatic carbocycles. The summed E-state index contributed by atoms with van der Waals surface area (Å²) in [4.78, 5) is 14.5. The second-order valence-corrected chi connectivity index (χ2v) is 4.75. The summed E-state index contributed by atoms with van der Waals surface area (Å²) in [5, 5.41) is 13.9. The first-order valence-electron chi connectivity index (χ1n) is 5.01. The molecule has 0 fully saturated rings. The number of hydrogen-bond acceptors (Lipinski definition) is 5. The highest BCUT2D eigenvalue weighted by atomic mass is 32.1. The monoisotopic (exact) mass is 244 g/mol. The number of nitrogens with zero attached hydrogens (tertiary/aromatic N) is 1. The van der Waals surface area contributed by atoms with Gasteiger partial charge in [0.05, 0.1) is 5.60 Å². The Labute approximate surface area is 98.5 Å². The molecule has 1 aromatic rings. The molecule has 0 aliphatic rings. The predicted octanol–water partition coefficient (Wildman–Crippen LogP) is 2.07. The number of nitrogens with one attached hydrogen (secondary N) is 1. The number of hydrogen-bond donors (Lipinski definition) is 2. The molecule has 16 heavy (non-hydrogen) atoms. The van der Waals surface area contributed by atoms with Gasteiger partial charge in [0.15, 0.2) is 10.8 Å². The van der Waals surface area contributed by atoms with Crippen LogP contribution in [0.25, 0.3) is 0 Å². The molecule has 1 heterocycles. The summed E-state index contributed by atoms with van der Waals surface area (Å²) in [6.45, 7) is 7.11. The molecule has 5 nitrogen and oxygen atoms in total. The highest BCUT2D eigenvalue weighted by Crippen LogP contribution is 2.17. The van der Waals surface area contributed by atoms with Gasteiger partial charge in [-0.15, -0.1) is 11.3 Å². The Balaban J connectivity index is 2.51. The fourth-order valence-corrected chi connectivity index (χ4v) is 1.87. The van der Waals surface area contributed by atoms with Crippen LogP contribution in [0.5, 0.6) is 0 Å². The average molecular weight is 244 g/mol. The van der Waals surface area contributed by atoms with Gasteiger partial charge in [-0.25, -0.2) is 9.78 Å². The van der Waals surface area contributed by atoms with Gasteiger partial charge in [0, 0.05) is 18.5 Å². The van der Waals surface area contributed by atoms with Gasteiger partial charge in [-0.2, -0.15) is 0 Å². The van der Waals surface area contributed by atoms with Gasteiger partial charge in [-0.3, -0.25) is 0 Å². The smallest absolute Gasteiger partial charge is 0.355 e. The van der Waals surface area contributed by atoms with Crippen molar-refractivity contribution < 1.29 is 14.6 Å². The van der Waals surface area contributed by atoms with E-state index in [0.29, 0.717) is 18.3 Å². The van der Waals surface area contributed by atoms with Gasteiger partial charge in [0.25, 0.3) is 0 Å². The molecule has 90 valence electrons. The standard InChI is InChI=1S/C10H16N2O3S/c1-4-15-10(2,3)6-11-9-12-7(5-16-9)8(13)14/h5H,4,6H2,1-3H3,(H,11,12)(H,13,14). The quantitative estimate of drug-likeness (QED) is 0.801. The van der Waals surface area contributed by atoms with Crippen LogP contribution in [0.3, 0.4) is 0 Å². The first kappa shape index (κ1) is 12.9. The van der Waals surface area contributed by atoms with E-state index in [-0.39, 0.29) is 11.3 Å². The summed E-state index contributed by atoms with van der Waals surface area (Å²) in [7, 11) is 0. The average Bonchev–Trinajstić information content (AvgIpc) is 2.63. The molecule has 0 saturated carbocycles. The second kappa shape index (κ2) is 5.27. The first-order valence-corrected chi connectivity index (χ1v) is 5.89. The molecule has 0 radical (unpaired) electrons. The lowest BCUT2D eigenvalue weighted by Crippen LogP contribution is -2.33. The van der Waals surface area contributed by atoms with Crippen molar-refractivity contribution in [3.63, 3.8) is 0 Å². The van der Waals surface area contributed by atoms with E-state index in [1.807, 2.05) is 20.8 Å². The molecule has 1 rings (SSSR count). The van der Waals surface area contributed by atoms with Crippen LogP contribution in [0.2, 0.25) is 0 Å². The Morgan fingerprint density at radius 2 is 2.38 bits per heavy atom. The Morgan fingerprint density at radius 1 is 1.69 bits per heavy atom. The Morgan fingerprint density at radius 3 is 2.88 bits per heavy atom. The van der Waals surface area contributed by atoms with E-state index in [1.54, 1.807) is 0 Å². The minimum Gasteiger partial charge on any atom is -0.476 e. The van der Waals surface area contributed by atoms with Crippen LogP contribution < -0.4 is 5.32 Å². The highest BCUT2D eigenvalue weighted by Gasteiger charge is 2.18. The van der Waals surface area contributed by atoms with Crippen molar-refractivity contribution in [2.45, 2.75) is 26.4 Å². The maximum Gasteiger partial charge on any atom is 0.355 e. The molecule has 0 unspecified atom stereocenters. The summed E-state index contributed by atoms with van der Waals surface area (Å²) < 4.78 is 5.50. The molecule has 0 aliphatic heterocycles. The molecule has 0 spiro atoms. The van der Waals surface area contributed by atoms with Crippen LogP contribution in [-0.4, -0.2) is 34.8 Å². The van der Waals surface area contributed by atoms with Crippen LogP contribution in [0, 0.1) is 0 Å². The number of carboxylic acids is 1. The SMILES string of the molecule is CCOC(C)(C)CNc1nc(C(=O)O)cs1. The third kappa shape index (κ3) is 3.79. The lowest BCUT2D eigenvalue weighted by molar-refractivity contribution is 0.000695. The zero-order valence-electron chi connectivity index (χ0n) is 9.61. The van der Waals surface area contributed by atoms with Crippen LogP contribution >= 0.6 is 11.3 Å². The molecule has 0 saturated heterocycles. The van der Waals surface area contributed by atoms with Crippen LogP contribution in [-0.2, 0) is 4.74 Å². The van der Waals surface area contributed by atoms with Crippen molar-refractivity contribution in [2.75, 3.05) is 18.5 Å². The fraction of sp³-hybridized carbons (Fsp3) is 0.600. The second-order valence-electron chi connectivity index (χ2n) is 3.89. The number of rotatable bonds is 6. The molecule has 6 heteroatoms. The maximum absolute atomic E-state index is 10.6. The third-order valence-corrected chi connectivity index (χ3v) is 2.72. The van der Waals surface area contributed by atoms with Gasteiger partial charge in [-0.05, 0) is 20.8 Å². The molecule has 0 bridgehead atoms. The van der Waals surface area contributed by atoms with E-state index in [9.17, 15) is 4.79 Å². The van der Waals surface area contributed by atoms with Crippen molar-refractivity contribution in [3.05, 3.63) is 11.1 Å². The molecule has 2 N–H and O–H groups in total. The number of aromatic carboxylic acids is 1. The summed E-state index contributed by atoms with van der Waals surface area (Å²) in [5.74, 6) is -1.01. The van der Waals surface area contributed by atoms with E-state index < -0.39 is 5.97 Å². The van der Waals surface area contributed by atoms with Crippen molar-refractivity contribution in [1.82, 2.24) is 4.98 Å². The summed E-state index contributed by atoms with van der Waals surface area (Å²) in [5.41, 5.74) is -0.217. The number of carboxylic acid groups (broad SMARTS) is 1. The summed E-state index contributed by atoms with van der Waals surface area (Å²) in [6.07, 6.45) is 0.